The van der Waals surface area contributed by atoms with E-state index in [2.05, 4.69) is 152 Å². The number of hydrogen-bond donors (Lipinski definition) is 0. The van der Waals surface area contributed by atoms with Crippen LogP contribution in [-0.2, 0) is 0 Å². The molecule has 0 radical (unpaired) electrons. The average molecular weight is 465 g/mol. The molecule has 0 saturated heterocycles. The zero-order valence-corrected chi connectivity index (χ0v) is 20.3. The average Bonchev–Trinajstić information content (AvgIpc) is 2.94. The highest BCUT2D eigenvalue weighted by molar-refractivity contribution is 7.80. The molecule has 6 rings (SSSR count). The molecule has 35 heavy (non-hydrogen) atoms. The van der Waals surface area contributed by atoms with Crippen molar-refractivity contribution in [2.45, 2.75) is 0 Å². The third kappa shape index (κ3) is 4.30. The second-order valence-corrected chi connectivity index (χ2v) is 10.8. The molecule has 0 unspecified atom stereocenters. The van der Waals surface area contributed by atoms with Crippen molar-refractivity contribution in [2.24, 2.45) is 0 Å². The van der Waals surface area contributed by atoms with Crippen LogP contribution in [0.15, 0.2) is 152 Å². The van der Waals surface area contributed by atoms with Crippen molar-refractivity contribution in [3.63, 3.8) is 0 Å². The maximum Gasteiger partial charge on any atom is -0.00215 e. The summed E-state index contributed by atoms with van der Waals surface area (Å²) in [6.07, 6.45) is 0. The first-order valence-electron chi connectivity index (χ1n) is 12.0. The molecule has 1 heteroatoms. The van der Waals surface area contributed by atoms with Crippen molar-refractivity contribution in [1.29, 1.82) is 0 Å². The molecule has 0 aliphatic carbocycles. The lowest BCUT2D eigenvalue weighted by atomic mass is 9.93. The minimum atomic E-state index is -0.740. The monoisotopic (exact) mass is 464 g/mol. The Kier molecular flexibility index (Phi) is 5.97. The maximum absolute atomic E-state index is 2.35. The molecule has 166 valence electrons. The fourth-order valence-corrected chi connectivity index (χ4v) is 7.32. The van der Waals surface area contributed by atoms with Crippen LogP contribution < -0.4 is 15.9 Å². The summed E-state index contributed by atoms with van der Waals surface area (Å²) < 4.78 is 0. The fraction of sp³-hybridized carbons (Fsp3) is 0. The summed E-state index contributed by atoms with van der Waals surface area (Å²) in [5.41, 5.74) is 5.10. The van der Waals surface area contributed by atoms with Crippen molar-refractivity contribution < 1.29 is 0 Å². The summed E-state index contributed by atoms with van der Waals surface area (Å²) in [5.74, 6) is 0. The summed E-state index contributed by atoms with van der Waals surface area (Å²) in [4.78, 5) is 0. The van der Waals surface area contributed by atoms with E-state index in [-0.39, 0.29) is 0 Å². The lowest BCUT2D eigenvalue weighted by molar-refractivity contribution is 1.61. The van der Waals surface area contributed by atoms with E-state index in [1.807, 2.05) is 0 Å². The van der Waals surface area contributed by atoms with Gasteiger partial charge in [-0.15, -0.1) is 0 Å². The van der Waals surface area contributed by atoms with Crippen LogP contribution in [0.3, 0.4) is 0 Å². The summed E-state index contributed by atoms with van der Waals surface area (Å²) in [6, 6.07) is 55.1. The molecule has 0 saturated carbocycles. The van der Waals surface area contributed by atoms with Gasteiger partial charge in [0.25, 0.3) is 0 Å². The Morgan fingerprint density at radius 2 is 0.943 bits per heavy atom. The summed E-state index contributed by atoms with van der Waals surface area (Å²) in [5, 5.41) is 6.64. The van der Waals surface area contributed by atoms with Gasteiger partial charge < -0.3 is 0 Å². The molecule has 0 aromatic heterocycles. The minimum Gasteiger partial charge on any atom is -0.0622 e. The molecule has 0 fully saturated rings. The van der Waals surface area contributed by atoms with Crippen LogP contribution in [0.4, 0.5) is 0 Å². The Labute approximate surface area is 208 Å². The zero-order valence-electron chi connectivity index (χ0n) is 19.4. The van der Waals surface area contributed by atoms with Crippen molar-refractivity contribution in [2.75, 3.05) is 0 Å². The Balaban J connectivity index is 1.67. The topological polar surface area (TPSA) is 0 Å². The number of hydrogen-bond acceptors (Lipinski definition) is 0. The van der Waals surface area contributed by atoms with Gasteiger partial charge in [-0.2, -0.15) is 0 Å². The minimum absolute atomic E-state index is 0.740. The van der Waals surface area contributed by atoms with Gasteiger partial charge in [0.1, 0.15) is 0 Å². The number of benzene rings is 6. The standard InChI is InChI=1S/C34H25P/c1-4-14-27(15-5-1)32-21-12-22-33(34(32)29-24-23-26-13-10-11-16-28(26)25-29)35(30-17-6-2-7-18-30)31-19-8-3-9-20-31/h1-25H. The zero-order chi connectivity index (χ0) is 23.5. The van der Waals surface area contributed by atoms with Crippen LogP contribution in [0.1, 0.15) is 0 Å². The number of rotatable bonds is 5. The molecule has 0 N–H and O–H groups in total. The third-order valence-corrected chi connectivity index (χ3v) is 8.92. The van der Waals surface area contributed by atoms with Crippen LogP contribution in [0, 0.1) is 0 Å². The molecule has 6 aromatic carbocycles. The van der Waals surface area contributed by atoms with Crippen molar-refractivity contribution in [3.8, 4) is 22.3 Å². The molecular weight excluding hydrogens is 439 g/mol. The first-order chi connectivity index (χ1) is 17.4. The Bertz CT molecular complexity index is 1530. The van der Waals surface area contributed by atoms with Gasteiger partial charge in [-0.1, -0.05) is 146 Å². The molecule has 0 bridgehead atoms. The lowest BCUT2D eigenvalue weighted by Gasteiger charge is -2.25. The summed E-state index contributed by atoms with van der Waals surface area (Å²) in [6.45, 7) is 0. The number of fused-ring (bicyclic) bond motifs is 1. The van der Waals surface area contributed by atoms with E-state index < -0.39 is 7.92 Å². The normalized spacial score (nSPS) is 11.1. The van der Waals surface area contributed by atoms with Gasteiger partial charge in [0.15, 0.2) is 0 Å². The van der Waals surface area contributed by atoms with E-state index in [1.54, 1.807) is 0 Å². The van der Waals surface area contributed by atoms with E-state index >= 15 is 0 Å². The lowest BCUT2D eigenvalue weighted by Crippen LogP contribution is -2.22. The summed E-state index contributed by atoms with van der Waals surface area (Å²) >= 11 is 0. The van der Waals surface area contributed by atoms with E-state index in [4.69, 9.17) is 0 Å². The van der Waals surface area contributed by atoms with E-state index in [9.17, 15) is 0 Å². The van der Waals surface area contributed by atoms with Gasteiger partial charge in [-0.3, -0.25) is 0 Å². The van der Waals surface area contributed by atoms with Crippen LogP contribution in [0.25, 0.3) is 33.0 Å². The largest absolute Gasteiger partial charge is 0.0622 e. The maximum atomic E-state index is 2.35. The van der Waals surface area contributed by atoms with Crippen molar-refractivity contribution in [1.82, 2.24) is 0 Å². The van der Waals surface area contributed by atoms with E-state index in [0.29, 0.717) is 0 Å². The smallest absolute Gasteiger partial charge is 0.00215 e. The van der Waals surface area contributed by atoms with Gasteiger partial charge in [-0.25, -0.2) is 0 Å². The molecule has 6 aromatic rings. The van der Waals surface area contributed by atoms with Gasteiger partial charge in [-0.05, 0) is 62.9 Å². The second kappa shape index (κ2) is 9.71. The molecular formula is C34H25P. The highest BCUT2D eigenvalue weighted by Gasteiger charge is 2.22. The molecule has 0 heterocycles. The Morgan fingerprint density at radius 3 is 1.60 bits per heavy atom. The molecule has 0 aliphatic rings. The van der Waals surface area contributed by atoms with Gasteiger partial charge in [0.2, 0.25) is 0 Å². The van der Waals surface area contributed by atoms with Crippen molar-refractivity contribution in [3.05, 3.63) is 152 Å². The van der Waals surface area contributed by atoms with Gasteiger partial charge >= 0.3 is 0 Å². The van der Waals surface area contributed by atoms with Crippen LogP contribution >= 0.6 is 7.92 Å². The van der Waals surface area contributed by atoms with Gasteiger partial charge in [0, 0.05) is 0 Å². The van der Waals surface area contributed by atoms with E-state index in [1.165, 1.54) is 48.9 Å². The molecule has 0 atom stereocenters. The quantitative estimate of drug-likeness (QED) is 0.227. The Hall–Kier alpha value is -3.99. The first-order valence-corrected chi connectivity index (χ1v) is 13.3. The highest BCUT2D eigenvalue weighted by atomic mass is 31.1. The predicted octanol–water partition coefficient (Wildman–Crippen LogP) is 7.93. The van der Waals surface area contributed by atoms with Crippen molar-refractivity contribution >= 4 is 34.6 Å². The molecule has 0 aliphatic heterocycles. The summed E-state index contributed by atoms with van der Waals surface area (Å²) in [7, 11) is -0.740. The predicted molar refractivity (Wildman–Crippen MR) is 154 cm³/mol. The van der Waals surface area contributed by atoms with Crippen LogP contribution in [0.5, 0.6) is 0 Å². The second-order valence-electron chi connectivity index (χ2n) is 8.63. The molecule has 0 spiro atoms. The third-order valence-electron chi connectivity index (χ3n) is 6.44. The fourth-order valence-electron chi connectivity index (χ4n) is 4.81. The SMILES string of the molecule is c1ccc(-c2cccc(P(c3ccccc3)c3ccccc3)c2-c2ccc3ccccc3c2)cc1. The van der Waals surface area contributed by atoms with Crippen LogP contribution in [0.2, 0.25) is 0 Å². The first kappa shape index (κ1) is 21.5. The molecule has 0 amide bonds. The highest BCUT2D eigenvalue weighted by Crippen LogP contribution is 2.41. The Morgan fingerprint density at radius 1 is 0.371 bits per heavy atom. The van der Waals surface area contributed by atoms with E-state index in [0.717, 1.165) is 0 Å². The van der Waals surface area contributed by atoms with Gasteiger partial charge in [0.05, 0.1) is 0 Å². The van der Waals surface area contributed by atoms with Crippen LogP contribution in [-0.4, -0.2) is 0 Å². The molecule has 0 nitrogen and oxygen atoms in total.